The van der Waals surface area contributed by atoms with Gasteiger partial charge in [0.05, 0.1) is 0 Å². The van der Waals surface area contributed by atoms with Crippen molar-refractivity contribution in [2.24, 2.45) is 0 Å². The van der Waals surface area contributed by atoms with Gasteiger partial charge in [-0.3, -0.25) is 0 Å². The van der Waals surface area contributed by atoms with Gasteiger partial charge in [-0.05, 0) is 0 Å². The molecule has 12 heavy (non-hydrogen) atoms. The Balaban J connectivity index is 3.06. The first-order valence-corrected chi connectivity index (χ1v) is 7.10. The van der Waals surface area contributed by atoms with Crippen molar-refractivity contribution in [2.75, 3.05) is 0 Å². The van der Waals surface area contributed by atoms with Crippen LogP contribution in [0, 0.1) is 10.1 Å². The summed E-state index contributed by atoms with van der Waals surface area (Å²) in [6.07, 6.45) is -3.49. The molecule has 0 aliphatic heterocycles. The molecule has 0 spiro atoms. The molecule has 0 N–H and O–H groups in total. The predicted molar refractivity (Wildman–Crippen MR) is 53.1 cm³/mol. The SMILES string of the molecule is O=[N+]([O-])[PH](Cl)(Cl)c1ccccc1. The maximum absolute atomic E-state index is 10.4. The van der Waals surface area contributed by atoms with Crippen molar-refractivity contribution in [3.05, 3.63) is 40.4 Å². The summed E-state index contributed by atoms with van der Waals surface area (Å²) >= 11 is 11.2. The van der Waals surface area contributed by atoms with Gasteiger partial charge in [0, 0.05) is 0 Å². The van der Waals surface area contributed by atoms with Gasteiger partial charge in [-0.2, -0.15) is 0 Å². The molecule has 0 saturated heterocycles. The molecule has 0 atom stereocenters. The molecular formula is C6H6Cl2NO2P. The number of hydrogen-bond donors (Lipinski definition) is 0. The summed E-state index contributed by atoms with van der Waals surface area (Å²) in [4.78, 5) is 10.4. The van der Waals surface area contributed by atoms with E-state index in [1.807, 2.05) is 0 Å². The van der Waals surface area contributed by atoms with Crippen LogP contribution in [0.15, 0.2) is 30.3 Å². The number of halogens is 2. The molecular weight excluding hydrogens is 220 g/mol. The third-order valence-corrected chi connectivity index (χ3v) is 4.97. The molecule has 0 bridgehead atoms. The monoisotopic (exact) mass is 225 g/mol. The van der Waals surface area contributed by atoms with E-state index < -0.39 is 10.8 Å². The molecule has 0 saturated carbocycles. The van der Waals surface area contributed by atoms with Gasteiger partial charge in [0.25, 0.3) is 0 Å². The minimum atomic E-state index is -3.49. The Morgan fingerprint density at radius 3 is 2.17 bits per heavy atom. The van der Waals surface area contributed by atoms with Crippen molar-refractivity contribution in [3.63, 3.8) is 0 Å². The summed E-state index contributed by atoms with van der Waals surface area (Å²) in [6.45, 7) is 0. The third-order valence-electron chi connectivity index (χ3n) is 1.35. The second kappa shape index (κ2) is 3.56. The van der Waals surface area contributed by atoms with Crippen molar-refractivity contribution in [1.82, 2.24) is 0 Å². The molecule has 6 heteroatoms. The third kappa shape index (κ3) is 1.86. The van der Waals surface area contributed by atoms with Crippen LogP contribution in [0.2, 0.25) is 0 Å². The summed E-state index contributed by atoms with van der Waals surface area (Å²) in [5.41, 5.74) is 0. The molecule has 0 aromatic heterocycles. The molecule has 0 aliphatic carbocycles. The Morgan fingerprint density at radius 2 is 1.75 bits per heavy atom. The van der Waals surface area contributed by atoms with Crippen molar-refractivity contribution in [2.45, 2.75) is 0 Å². The standard InChI is InChI=1S/C6H6Cl2NO2P/c7-12(8,9(10)11)6-4-2-1-3-5-6/h1-5,12H. The van der Waals surface area contributed by atoms with Crippen molar-refractivity contribution in [1.29, 1.82) is 0 Å². The van der Waals surface area contributed by atoms with E-state index in [2.05, 4.69) is 0 Å². The average molecular weight is 226 g/mol. The normalized spacial score (nSPS) is 12.5. The molecule has 0 radical (unpaired) electrons. The van der Waals surface area contributed by atoms with E-state index in [0.29, 0.717) is 5.30 Å². The van der Waals surface area contributed by atoms with Crippen LogP contribution in [-0.4, -0.2) is 4.69 Å². The molecule has 3 nitrogen and oxygen atoms in total. The fourth-order valence-electron chi connectivity index (χ4n) is 0.744. The van der Waals surface area contributed by atoms with Gasteiger partial charge in [-0.15, -0.1) is 0 Å². The van der Waals surface area contributed by atoms with Crippen LogP contribution in [0.25, 0.3) is 0 Å². The van der Waals surface area contributed by atoms with E-state index >= 15 is 0 Å². The molecule has 0 aliphatic rings. The van der Waals surface area contributed by atoms with Gasteiger partial charge in [0.15, 0.2) is 0 Å². The van der Waals surface area contributed by atoms with Gasteiger partial charge in [0.2, 0.25) is 0 Å². The molecule has 0 amide bonds. The summed E-state index contributed by atoms with van der Waals surface area (Å²) in [5, 5.41) is 10.8. The second-order valence-corrected chi connectivity index (χ2v) is 8.05. The van der Waals surface area contributed by atoms with Crippen LogP contribution in [0.5, 0.6) is 0 Å². The van der Waals surface area contributed by atoms with Gasteiger partial charge in [-0.1, -0.05) is 0 Å². The average Bonchev–Trinajstić information content (AvgIpc) is 2.06. The zero-order chi connectivity index (χ0) is 9.19. The first-order valence-electron chi connectivity index (χ1n) is 3.13. The quantitative estimate of drug-likeness (QED) is 0.441. The molecule has 1 aromatic carbocycles. The number of benzene rings is 1. The van der Waals surface area contributed by atoms with Crippen molar-refractivity contribution in [3.8, 4) is 0 Å². The predicted octanol–water partition coefficient (Wildman–Crippen LogP) is 2.56. The zero-order valence-electron chi connectivity index (χ0n) is 5.91. The van der Waals surface area contributed by atoms with Crippen LogP contribution in [0.1, 0.15) is 0 Å². The van der Waals surface area contributed by atoms with Gasteiger partial charge in [-0.25, -0.2) is 0 Å². The van der Waals surface area contributed by atoms with Gasteiger partial charge in [0.1, 0.15) is 0 Å². The number of hydrogen-bond acceptors (Lipinski definition) is 2. The van der Waals surface area contributed by atoms with Gasteiger partial charge >= 0.3 is 79.0 Å². The fourth-order valence-corrected chi connectivity index (χ4v) is 2.30. The summed E-state index contributed by atoms with van der Waals surface area (Å²) < 4.78 is -0.606. The summed E-state index contributed by atoms with van der Waals surface area (Å²) in [7, 11) is 0. The second-order valence-electron chi connectivity index (χ2n) is 2.16. The summed E-state index contributed by atoms with van der Waals surface area (Å²) in [5.74, 6) is 0. The zero-order valence-corrected chi connectivity index (χ0v) is 8.42. The first-order chi connectivity index (χ1) is 5.55. The van der Waals surface area contributed by atoms with E-state index in [9.17, 15) is 10.1 Å². The number of nitrogens with zero attached hydrogens (tertiary/aromatic N) is 1. The Hall–Kier alpha value is -0.370. The Bertz CT molecular complexity index is 291. The molecule has 1 aromatic rings. The van der Waals surface area contributed by atoms with Crippen LogP contribution < -0.4 is 5.30 Å². The molecule has 0 heterocycles. The summed E-state index contributed by atoms with van der Waals surface area (Å²) in [6, 6.07) is 8.22. The molecule has 0 fully saturated rings. The van der Waals surface area contributed by atoms with Crippen LogP contribution in [0.4, 0.5) is 0 Å². The van der Waals surface area contributed by atoms with Crippen molar-refractivity contribution >= 4 is 33.9 Å². The van der Waals surface area contributed by atoms with Crippen LogP contribution in [-0.2, 0) is 0 Å². The number of rotatable bonds is 2. The van der Waals surface area contributed by atoms with E-state index in [-0.39, 0.29) is 0 Å². The Morgan fingerprint density at radius 1 is 1.25 bits per heavy atom. The number of nitro groups is 1. The minimum absolute atomic E-state index is 0.401. The topological polar surface area (TPSA) is 43.1 Å². The maximum atomic E-state index is 10.4. The Kier molecular flexibility index (Phi) is 2.89. The van der Waals surface area contributed by atoms with E-state index in [0.717, 1.165) is 0 Å². The molecule has 66 valence electrons. The molecule has 0 unspecified atom stereocenters. The van der Waals surface area contributed by atoms with Crippen LogP contribution in [0.3, 0.4) is 0 Å². The first kappa shape index (κ1) is 9.72. The van der Waals surface area contributed by atoms with Gasteiger partial charge < -0.3 is 0 Å². The molecule has 1 rings (SSSR count). The van der Waals surface area contributed by atoms with Crippen LogP contribution >= 0.6 is 28.6 Å². The van der Waals surface area contributed by atoms with E-state index in [1.165, 1.54) is 0 Å². The van der Waals surface area contributed by atoms with Crippen molar-refractivity contribution < 1.29 is 4.69 Å². The fraction of sp³-hybridized carbons (Fsp3) is 0. The van der Waals surface area contributed by atoms with E-state index in [1.54, 1.807) is 30.3 Å². The Labute approximate surface area is 79.4 Å². The van der Waals surface area contributed by atoms with E-state index in [4.69, 9.17) is 22.5 Å².